The molecule has 0 bridgehead atoms. The lowest BCUT2D eigenvalue weighted by molar-refractivity contribution is 0.0807. The molecule has 2 rings (SSSR count). The van der Waals surface area contributed by atoms with Gasteiger partial charge in [-0.25, -0.2) is 0 Å². The summed E-state index contributed by atoms with van der Waals surface area (Å²) in [4.78, 5) is 0. The summed E-state index contributed by atoms with van der Waals surface area (Å²) in [6.07, 6.45) is 6.37. The molecular weight excluding hydrogens is 254 g/mol. The molecule has 0 aliphatic heterocycles. The third-order valence-corrected chi connectivity index (χ3v) is 4.78. The van der Waals surface area contributed by atoms with Crippen molar-refractivity contribution in [2.75, 3.05) is 0 Å². The largest absolute Gasteiger partial charge is 0.311 e. The Morgan fingerprint density at radius 3 is 2.19 bits per heavy atom. The molecule has 1 N–H and O–H groups in total. The van der Waals surface area contributed by atoms with Crippen molar-refractivity contribution in [1.82, 2.24) is 5.32 Å². The Kier molecular flexibility index (Phi) is 5.14. The highest BCUT2D eigenvalue weighted by atomic mass is 15.0. The van der Waals surface area contributed by atoms with Crippen molar-refractivity contribution >= 4 is 0 Å². The van der Waals surface area contributed by atoms with E-state index in [-0.39, 0.29) is 0 Å². The molecule has 1 nitrogen and oxygen atoms in total. The fourth-order valence-corrected chi connectivity index (χ4v) is 4.48. The number of benzene rings is 1. The Hall–Kier alpha value is -0.820. The van der Waals surface area contributed by atoms with Crippen LogP contribution >= 0.6 is 0 Å². The summed E-state index contributed by atoms with van der Waals surface area (Å²) >= 11 is 0. The molecule has 1 heteroatoms. The zero-order valence-electron chi connectivity index (χ0n) is 14.6. The van der Waals surface area contributed by atoms with Crippen LogP contribution in [0.4, 0.5) is 0 Å². The van der Waals surface area contributed by atoms with Gasteiger partial charge < -0.3 is 5.32 Å². The van der Waals surface area contributed by atoms with Gasteiger partial charge in [-0.2, -0.15) is 0 Å². The Labute approximate surface area is 131 Å². The Morgan fingerprint density at radius 1 is 1.05 bits per heavy atom. The standard InChI is InChI=1S/C20H33N/c1-16(11-12-17-9-7-6-8-10-17)21-18-13-19(2,3)15-20(4,5)14-18/h6-10,16,18,21H,11-15H2,1-5H3. The fraction of sp³-hybridized carbons (Fsp3) is 0.700. The summed E-state index contributed by atoms with van der Waals surface area (Å²) in [5.74, 6) is 0. The molecule has 0 saturated heterocycles. The SMILES string of the molecule is CC(CCc1ccccc1)NC1CC(C)(C)CC(C)(C)C1. The van der Waals surface area contributed by atoms with Crippen LogP contribution in [-0.4, -0.2) is 12.1 Å². The Balaban J connectivity index is 1.83. The molecule has 1 aromatic rings. The molecule has 1 saturated carbocycles. The van der Waals surface area contributed by atoms with E-state index in [1.165, 1.54) is 37.7 Å². The quantitative estimate of drug-likeness (QED) is 0.784. The van der Waals surface area contributed by atoms with E-state index >= 15 is 0 Å². The van der Waals surface area contributed by atoms with Crippen LogP contribution in [0.25, 0.3) is 0 Å². The lowest BCUT2D eigenvalue weighted by atomic mass is 9.63. The van der Waals surface area contributed by atoms with Gasteiger partial charge in [-0.1, -0.05) is 58.0 Å². The van der Waals surface area contributed by atoms with Crippen molar-refractivity contribution in [3.8, 4) is 0 Å². The number of hydrogen-bond donors (Lipinski definition) is 1. The molecular formula is C20H33N. The van der Waals surface area contributed by atoms with Crippen LogP contribution < -0.4 is 5.32 Å². The van der Waals surface area contributed by atoms with Crippen molar-refractivity contribution in [2.24, 2.45) is 10.8 Å². The van der Waals surface area contributed by atoms with E-state index in [4.69, 9.17) is 0 Å². The van der Waals surface area contributed by atoms with Gasteiger partial charge in [-0.15, -0.1) is 0 Å². The van der Waals surface area contributed by atoms with Gasteiger partial charge in [0, 0.05) is 12.1 Å². The maximum atomic E-state index is 3.90. The monoisotopic (exact) mass is 287 g/mol. The molecule has 0 spiro atoms. The van der Waals surface area contributed by atoms with E-state index in [1.807, 2.05) is 0 Å². The van der Waals surface area contributed by atoms with Crippen molar-refractivity contribution in [1.29, 1.82) is 0 Å². The molecule has 1 aliphatic carbocycles. The molecule has 1 aromatic carbocycles. The zero-order valence-corrected chi connectivity index (χ0v) is 14.6. The summed E-state index contributed by atoms with van der Waals surface area (Å²) in [6.45, 7) is 12.1. The Morgan fingerprint density at radius 2 is 1.62 bits per heavy atom. The molecule has 118 valence electrons. The third kappa shape index (κ3) is 5.47. The van der Waals surface area contributed by atoms with E-state index in [0.29, 0.717) is 22.9 Å². The highest BCUT2D eigenvalue weighted by Crippen LogP contribution is 2.45. The summed E-state index contributed by atoms with van der Waals surface area (Å²) in [5.41, 5.74) is 2.40. The smallest absolute Gasteiger partial charge is 0.00797 e. The summed E-state index contributed by atoms with van der Waals surface area (Å²) in [5, 5.41) is 3.90. The number of hydrogen-bond acceptors (Lipinski definition) is 1. The highest BCUT2D eigenvalue weighted by Gasteiger charge is 2.38. The first kappa shape index (κ1) is 16.5. The molecule has 0 radical (unpaired) electrons. The summed E-state index contributed by atoms with van der Waals surface area (Å²) < 4.78 is 0. The predicted octanol–water partition coefficient (Wildman–Crippen LogP) is 5.20. The maximum Gasteiger partial charge on any atom is 0.00797 e. The van der Waals surface area contributed by atoms with Crippen LogP contribution in [-0.2, 0) is 6.42 Å². The lowest BCUT2D eigenvalue weighted by Crippen LogP contribution is -2.46. The lowest BCUT2D eigenvalue weighted by Gasteiger charge is -2.46. The van der Waals surface area contributed by atoms with Crippen molar-refractivity contribution in [3.63, 3.8) is 0 Å². The third-order valence-electron chi connectivity index (χ3n) is 4.78. The van der Waals surface area contributed by atoms with Crippen molar-refractivity contribution in [3.05, 3.63) is 35.9 Å². The van der Waals surface area contributed by atoms with Crippen molar-refractivity contribution < 1.29 is 0 Å². The molecule has 1 unspecified atom stereocenters. The normalized spacial score (nSPS) is 22.9. The number of rotatable bonds is 5. The minimum absolute atomic E-state index is 0.471. The van der Waals surface area contributed by atoms with Gasteiger partial charge in [0.1, 0.15) is 0 Å². The molecule has 0 aromatic heterocycles. The molecule has 0 amide bonds. The van der Waals surface area contributed by atoms with Gasteiger partial charge >= 0.3 is 0 Å². The van der Waals surface area contributed by atoms with Gasteiger partial charge in [0.15, 0.2) is 0 Å². The van der Waals surface area contributed by atoms with Crippen LogP contribution in [0.15, 0.2) is 30.3 Å². The van der Waals surface area contributed by atoms with Crippen LogP contribution in [0.5, 0.6) is 0 Å². The average Bonchev–Trinajstić information content (AvgIpc) is 2.33. The first-order chi connectivity index (χ1) is 9.76. The first-order valence-corrected chi connectivity index (χ1v) is 8.56. The van der Waals surface area contributed by atoms with E-state index < -0.39 is 0 Å². The average molecular weight is 287 g/mol. The molecule has 1 atom stereocenters. The van der Waals surface area contributed by atoms with E-state index in [0.717, 1.165) is 0 Å². The second-order valence-electron chi connectivity index (χ2n) is 8.70. The van der Waals surface area contributed by atoms with E-state index in [2.05, 4.69) is 70.3 Å². The Bertz CT molecular complexity index is 416. The van der Waals surface area contributed by atoms with Gasteiger partial charge in [-0.05, 0) is 55.4 Å². The predicted molar refractivity (Wildman–Crippen MR) is 92.6 cm³/mol. The molecule has 1 fully saturated rings. The minimum atomic E-state index is 0.471. The summed E-state index contributed by atoms with van der Waals surface area (Å²) in [7, 11) is 0. The second-order valence-corrected chi connectivity index (χ2v) is 8.70. The number of aryl methyl sites for hydroxylation is 1. The van der Waals surface area contributed by atoms with Gasteiger partial charge in [-0.3, -0.25) is 0 Å². The van der Waals surface area contributed by atoms with Crippen LogP contribution in [0, 0.1) is 10.8 Å². The van der Waals surface area contributed by atoms with E-state index in [1.54, 1.807) is 0 Å². The fourth-order valence-electron chi connectivity index (χ4n) is 4.48. The molecule has 0 heterocycles. The first-order valence-electron chi connectivity index (χ1n) is 8.56. The maximum absolute atomic E-state index is 3.90. The number of nitrogens with one attached hydrogen (secondary N) is 1. The zero-order chi connectivity index (χ0) is 15.5. The molecule has 21 heavy (non-hydrogen) atoms. The summed E-state index contributed by atoms with van der Waals surface area (Å²) in [6, 6.07) is 12.1. The van der Waals surface area contributed by atoms with Crippen LogP contribution in [0.3, 0.4) is 0 Å². The topological polar surface area (TPSA) is 12.0 Å². The van der Waals surface area contributed by atoms with Gasteiger partial charge in [0.25, 0.3) is 0 Å². The van der Waals surface area contributed by atoms with Crippen LogP contribution in [0.2, 0.25) is 0 Å². The van der Waals surface area contributed by atoms with Crippen LogP contribution in [0.1, 0.15) is 65.9 Å². The van der Waals surface area contributed by atoms with Gasteiger partial charge in [0.2, 0.25) is 0 Å². The molecule has 1 aliphatic rings. The van der Waals surface area contributed by atoms with E-state index in [9.17, 15) is 0 Å². The van der Waals surface area contributed by atoms with Gasteiger partial charge in [0.05, 0.1) is 0 Å². The minimum Gasteiger partial charge on any atom is -0.311 e. The highest BCUT2D eigenvalue weighted by molar-refractivity contribution is 5.14. The van der Waals surface area contributed by atoms with Crippen molar-refractivity contribution in [2.45, 2.75) is 78.8 Å². The second kappa shape index (κ2) is 6.52.